The van der Waals surface area contributed by atoms with Crippen LogP contribution in [0.15, 0.2) is 18.2 Å². The molecule has 1 aromatic carbocycles. The summed E-state index contributed by atoms with van der Waals surface area (Å²) in [5.41, 5.74) is 7.52. The van der Waals surface area contributed by atoms with Crippen molar-refractivity contribution in [2.75, 3.05) is 30.3 Å². The molecule has 0 aromatic heterocycles. The maximum absolute atomic E-state index is 9.00. The van der Waals surface area contributed by atoms with E-state index in [1.807, 2.05) is 32.0 Å². The van der Waals surface area contributed by atoms with Crippen LogP contribution in [0.2, 0.25) is 0 Å². The van der Waals surface area contributed by atoms with Crippen molar-refractivity contribution >= 4 is 11.4 Å². The van der Waals surface area contributed by atoms with Gasteiger partial charge in [0.05, 0.1) is 18.4 Å². The molecule has 0 aliphatic rings. The summed E-state index contributed by atoms with van der Waals surface area (Å²) >= 11 is 0. The van der Waals surface area contributed by atoms with Crippen LogP contribution in [0.4, 0.5) is 11.4 Å². The van der Waals surface area contributed by atoms with Gasteiger partial charge in [-0.15, -0.1) is 0 Å². The molecule has 96 valence electrons. The lowest BCUT2D eigenvalue weighted by Gasteiger charge is -2.23. The standard InChI is InChI=1S/C13H22N2O2/c1-4-15(7-8-16)11-5-6-12(14)13(9-11)17-10(2)3/h5-6,9-10,16H,4,7-8,14H2,1-3H3. The first-order valence-corrected chi connectivity index (χ1v) is 6.00. The molecule has 0 spiro atoms. The Morgan fingerprint density at radius 2 is 2.12 bits per heavy atom. The minimum atomic E-state index is 0.0977. The normalized spacial score (nSPS) is 10.6. The van der Waals surface area contributed by atoms with E-state index >= 15 is 0 Å². The first-order valence-electron chi connectivity index (χ1n) is 6.00. The van der Waals surface area contributed by atoms with Gasteiger partial charge in [0.2, 0.25) is 0 Å². The lowest BCUT2D eigenvalue weighted by molar-refractivity contribution is 0.244. The van der Waals surface area contributed by atoms with E-state index in [1.54, 1.807) is 0 Å². The fourth-order valence-corrected chi connectivity index (χ4v) is 1.67. The molecule has 1 aromatic rings. The number of benzene rings is 1. The summed E-state index contributed by atoms with van der Waals surface area (Å²) < 4.78 is 5.64. The number of hydrogen-bond donors (Lipinski definition) is 2. The molecule has 0 unspecified atom stereocenters. The average Bonchev–Trinajstić information content (AvgIpc) is 2.28. The van der Waals surface area contributed by atoms with Crippen molar-refractivity contribution in [2.24, 2.45) is 0 Å². The first-order chi connectivity index (χ1) is 8.08. The molecule has 0 heterocycles. The predicted molar refractivity (Wildman–Crippen MR) is 71.6 cm³/mol. The summed E-state index contributed by atoms with van der Waals surface area (Å²) in [7, 11) is 0. The Kier molecular flexibility index (Phi) is 5.10. The number of aliphatic hydroxyl groups is 1. The average molecular weight is 238 g/mol. The highest BCUT2D eigenvalue weighted by Gasteiger charge is 2.08. The molecule has 4 heteroatoms. The van der Waals surface area contributed by atoms with Crippen LogP contribution in [0.1, 0.15) is 20.8 Å². The maximum Gasteiger partial charge on any atom is 0.144 e. The van der Waals surface area contributed by atoms with Crippen molar-refractivity contribution in [1.29, 1.82) is 0 Å². The van der Waals surface area contributed by atoms with Gasteiger partial charge in [0, 0.05) is 24.8 Å². The van der Waals surface area contributed by atoms with Crippen molar-refractivity contribution < 1.29 is 9.84 Å². The van der Waals surface area contributed by atoms with Crippen LogP contribution in [0, 0.1) is 0 Å². The van der Waals surface area contributed by atoms with Gasteiger partial charge >= 0.3 is 0 Å². The van der Waals surface area contributed by atoms with Crippen LogP contribution in [-0.4, -0.2) is 30.9 Å². The third-order valence-electron chi connectivity index (χ3n) is 2.48. The maximum atomic E-state index is 9.00. The molecule has 0 aliphatic heterocycles. The fourth-order valence-electron chi connectivity index (χ4n) is 1.67. The van der Waals surface area contributed by atoms with Crippen LogP contribution in [-0.2, 0) is 0 Å². The van der Waals surface area contributed by atoms with Gasteiger partial charge in [-0.1, -0.05) is 0 Å². The van der Waals surface area contributed by atoms with Gasteiger partial charge < -0.3 is 20.5 Å². The molecule has 0 amide bonds. The molecular weight excluding hydrogens is 216 g/mol. The van der Waals surface area contributed by atoms with Gasteiger partial charge in [-0.3, -0.25) is 0 Å². The number of aliphatic hydroxyl groups excluding tert-OH is 1. The number of likely N-dealkylation sites (N-methyl/N-ethyl adjacent to an activating group) is 1. The minimum absolute atomic E-state index is 0.0977. The number of hydrogen-bond acceptors (Lipinski definition) is 4. The van der Waals surface area contributed by atoms with E-state index in [0.29, 0.717) is 18.0 Å². The van der Waals surface area contributed by atoms with E-state index in [2.05, 4.69) is 11.8 Å². The van der Waals surface area contributed by atoms with Gasteiger partial charge in [0.15, 0.2) is 0 Å². The summed E-state index contributed by atoms with van der Waals surface area (Å²) in [6.45, 7) is 7.58. The Hall–Kier alpha value is -1.42. The molecule has 0 aliphatic carbocycles. The molecule has 0 saturated heterocycles. The Morgan fingerprint density at radius 1 is 1.41 bits per heavy atom. The van der Waals surface area contributed by atoms with E-state index < -0.39 is 0 Å². The lowest BCUT2D eigenvalue weighted by Crippen LogP contribution is -2.26. The topological polar surface area (TPSA) is 58.7 Å². The van der Waals surface area contributed by atoms with Crippen LogP contribution < -0.4 is 15.4 Å². The van der Waals surface area contributed by atoms with E-state index in [0.717, 1.165) is 12.2 Å². The number of nitrogens with zero attached hydrogens (tertiary/aromatic N) is 1. The molecule has 0 fully saturated rings. The summed E-state index contributed by atoms with van der Waals surface area (Å²) in [4.78, 5) is 2.08. The molecule has 4 nitrogen and oxygen atoms in total. The molecule has 0 bridgehead atoms. The molecule has 0 saturated carbocycles. The van der Waals surface area contributed by atoms with Gasteiger partial charge in [-0.2, -0.15) is 0 Å². The largest absolute Gasteiger partial charge is 0.489 e. The Labute approximate surface area is 103 Å². The Morgan fingerprint density at radius 3 is 2.65 bits per heavy atom. The monoisotopic (exact) mass is 238 g/mol. The number of nitrogen functional groups attached to an aromatic ring is 1. The van der Waals surface area contributed by atoms with E-state index in [-0.39, 0.29) is 12.7 Å². The highest BCUT2D eigenvalue weighted by Crippen LogP contribution is 2.28. The molecule has 17 heavy (non-hydrogen) atoms. The van der Waals surface area contributed by atoms with Crippen LogP contribution >= 0.6 is 0 Å². The SMILES string of the molecule is CCN(CCO)c1ccc(N)c(OC(C)C)c1. The van der Waals surface area contributed by atoms with Crippen molar-refractivity contribution in [3.8, 4) is 5.75 Å². The molecular formula is C13H22N2O2. The van der Waals surface area contributed by atoms with E-state index in [1.165, 1.54) is 0 Å². The summed E-state index contributed by atoms with van der Waals surface area (Å²) in [6, 6.07) is 5.71. The lowest BCUT2D eigenvalue weighted by atomic mass is 10.2. The third-order valence-corrected chi connectivity index (χ3v) is 2.48. The van der Waals surface area contributed by atoms with Gasteiger partial charge in [0.25, 0.3) is 0 Å². The Bertz CT molecular complexity index is 353. The fraction of sp³-hybridized carbons (Fsp3) is 0.538. The van der Waals surface area contributed by atoms with Gasteiger partial charge in [-0.05, 0) is 32.9 Å². The summed E-state index contributed by atoms with van der Waals surface area (Å²) in [5.74, 6) is 0.703. The zero-order valence-electron chi connectivity index (χ0n) is 10.8. The quantitative estimate of drug-likeness (QED) is 0.743. The number of anilines is 2. The minimum Gasteiger partial charge on any atom is -0.489 e. The van der Waals surface area contributed by atoms with Crippen LogP contribution in [0.25, 0.3) is 0 Å². The highest BCUT2D eigenvalue weighted by molar-refractivity contribution is 5.62. The second-order valence-corrected chi connectivity index (χ2v) is 4.19. The second-order valence-electron chi connectivity index (χ2n) is 4.19. The molecule has 3 N–H and O–H groups in total. The number of rotatable bonds is 6. The summed E-state index contributed by atoms with van der Waals surface area (Å²) in [5, 5.41) is 9.00. The van der Waals surface area contributed by atoms with Crippen LogP contribution in [0.3, 0.4) is 0 Å². The zero-order valence-corrected chi connectivity index (χ0v) is 10.8. The molecule has 0 radical (unpaired) electrons. The highest BCUT2D eigenvalue weighted by atomic mass is 16.5. The first kappa shape index (κ1) is 13.6. The Balaban J connectivity index is 2.93. The van der Waals surface area contributed by atoms with Crippen molar-refractivity contribution in [2.45, 2.75) is 26.9 Å². The van der Waals surface area contributed by atoms with Crippen LogP contribution in [0.5, 0.6) is 5.75 Å². The third kappa shape index (κ3) is 3.82. The smallest absolute Gasteiger partial charge is 0.144 e. The van der Waals surface area contributed by atoms with Gasteiger partial charge in [0.1, 0.15) is 5.75 Å². The summed E-state index contributed by atoms with van der Waals surface area (Å²) in [6.07, 6.45) is 0.0977. The zero-order chi connectivity index (χ0) is 12.8. The van der Waals surface area contributed by atoms with E-state index in [4.69, 9.17) is 15.6 Å². The van der Waals surface area contributed by atoms with Gasteiger partial charge in [-0.25, -0.2) is 0 Å². The predicted octanol–water partition coefficient (Wildman–Crippen LogP) is 1.87. The van der Waals surface area contributed by atoms with E-state index in [9.17, 15) is 0 Å². The molecule has 0 atom stereocenters. The van der Waals surface area contributed by atoms with Crippen molar-refractivity contribution in [1.82, 2.24) is 0 Å². The van der Waals surface area contributed by atoms with Crippen molar-refractivity contribution in [3.63, 3.8) is 0 Å². The number of ether oxygens (including phenoxy) is 1. The van der Waals surface area contributed by atoms with Crippen molar-refractivity contribution in [3.05, 3.63) is 18.2 Å². The number of nitrogens with two attached hydrogens (primary N) is 1. The second kappa shape index (κ2) is 6.35. The molecule has 1 rings (SSSR count).